The Labute approximate surface area is 140 Å². The molecule has 2 amide bonds. The van der Waals surface area contributed by atoms with Crippen molar-refractivity contribution in [3.05, 3.63) is 48.7 Å². The van der Waals surface area contributed by atoms with Crippen LogP contribution >= 0.6 is 0 Å². The van der Waals surface area contributed by atoms with E-state index in [0.29, 0.717) is 24.7 Å². The first kappa shape index (κ1) is 16.0. The van der Waals surface area contributed by atoms with E-state index in [1.54, 1.807) is 23.2 Å². The fourth-order valence-corrected chi connectivity index (χ4v) is 2.71. The fraction of sp³-hybridized carbons (Fsp3) is 0.278. The Bertz CT molecular complexity index is 733. The normalized spacial score (nSPS) is 17.0. The lowest BCUT2D eigenvalue weighted by Gasteiger charge is -2.17. The van der Waals surface area contributed by atoms with E-state index in [-0.39, 0.29) is 18.2 Å². The Hall–Kier alpha value is -2.89. The number of pyridine rings is 1. The number of nitrogens with one attached hydrogen (secondary N) is 1. The molecule has 2 aromatic rings. The summed E-state index contributed by atoms with van der Waals surface area (Å²) in [5, 5.41) is 2.82. The van der Waals surface area contributed by atoms with Gasteiger partial charge < -0.3 is 15.0 Å². The van der Waals surface area contributed by atoms with Gasteiger partial charge >= 0.3 is 0 Å². The van der Waals surface area contributed by atoms with Crippen LogP contribution in [0.1, 0.15) is 13.3 Å². The smallest absolute Gasteiger partial charge is 0.237 e. The highest BCUT2D eigenvalue weighted by molar-refractivity contribution is 6.03. The number of hydrogen-bond acceptors (Lipinski definition) is 4. The van der Waals surface area contributed by atoms with Gasteiger partial charge in [0.15, 0.2) is 0 Å². The maximum Gasteiger partial charge on any atom is 0.237 e. The lowest BCUT2D eigenvalue weighted by Crippen LogP contribution is -2.28. The molecule has 3 rings (SSSR count). The summed E-state index contributed by atoms with van der Waals surface area (Å²) >= 11 is 0. The number of aromatic nitrogens is 1. The van der Waals surface area contributed by atoms with Gasteiger partial charge in [-0.1, -0.05) is 18.2 Å². The summed E-state index contributed by atoms with van der Waals surface area (Å²) in [4.78, 5) is 30.5. The molecule has 1 aliphatic rings. The minimum absolute atomic E-state index is 0.0439. The van der Waals surface area contributed by atoms with Crippen LogP contribution in [-0.2, 0) is 9.59 Å². The molecule has 0 unspecified atom stereocenters. The molecule has 124 valence electrons. The van der Waals surface area contributed by atoms with Crippen LogP contribution < -0.4 is 15.0 Å². The van der Waals surface area contributed by atoms with Crippen LogP contribution in [-0.4, -0.2) is 29.9 Å². The van der Waals surface area contributed by atoms with Crippen molar-refractivity contribution in [2.24, 2.45) is 5.92 Å². The minimum Gasteiger partial charge on any atom is -0.476 e. The number of anilines is 2. The second-order valence-electron chi connectivity index (χ2n) is 5.52. The number of nitrogens with zero attached hydrogens (tertiary/aromatic N) is 2. The number of benzene rings is 1. The summed E-state index contributed by atoms with van der Waals surface area (Å²) in [5.74, 6) is -0.252. The first-order valence-corrected chi connectivity index (χ1v) is 7.93. The maximum absolute atomic E-state index is 12.5. The topological polar surface area (TPSA) is 71.5 Å². The van der Waals surface area contributed by atoms with E-state index < -0.39 is 5.92 Å². The lowest BCUT2D eigenvalue weighted by molar-refractivity contribution is -0.122. The Morgan fingerprint density at radius 3 is 2.83 bits per heavy atom. The Balaban J connectivity index is 1.70. The lowest BCUT2D eigenvalue weighted by atomic mass is 10.1. The van der Waals surface area contributed by atoms with Crippen molar-refractivity contribution < 1.29 is 14.3 Å². The van der Waals surface area contributed by atoms with Gasteiger partial charge in [-0.15, -0.1) is 0 Å². The SMILES string of the molecule is CCOc1ncccc1NC(=O)[C@@H]1CC(=O)N(c2ccccc2)C1. The maximum atomic E-state index is 12.5. The molecule has 0 radical (unpaired) electrons. The van der Waals surface area contributed by atoms with Gasteiger partial charge in [-0.05, 0) is 31.2 Å². The van der Waals surface area contributed by atoms with Crippen molar-refractivity contribution in [1.29, 1.82) is 0 Å². The Kier molecular flexibility index (Phi) is 4.74. The molecule has 1 fully saturated rings. The number of amides is 2. The molecule has 24 heavy (non-hydrogen) atoms. The standard InChI is InChI=1S/C18H19N3O3/c1-2-24-18-15(9-6-10-19-18)20-17(23)13-11-16(22)21(12-13)14-7-4-3-5-8-14/h3-10,13H,2,11-12H2,1H3,(H,20,23)/t13-/m1/s1. The Morgan fingerprint density at radius 1 is 1.29 bits per heavy atom. The van der Waals surface area contributed by atoms with Crippen LogP contribution in [0.5, 0.6) is 5.88 Å². The summed E-state index contributed by atoms with van der Waals surface area (Å²) < 4.78 is 5.41. The minimum atomic E-state index is -0.396. The first-order valence-electron chi connectivity index (χ1n) is 7.93. The summed E-state index contributed by atoms with van der Waals surface area (Å²) in [7, 11) is 0. The summed E-state index contributed by atoms with van der Waals surface area (Å²) in [5.41, 5.74) is 1.34. The van der Waals surface area contributed by atoms with Gasteiger partial charge in [0.1, 0.15) is 5.69 Å². The van der Waals surface area contributed by atoms with Gasteiger partial charge in [-0.2, -0.15) is 0 Å². The first-order chi connectivity index (χ1) is 11.7. The summed E-state index contributed by atoms with van der Waals surface area (Å²) in [6.07, 6.45) is 1.81. The van der Waals surface area contributed by atoms with Crippen LogP contribution in [0.2, 0.25) is 0 Å². The number of carbonyl (C=O) groups excluding carboxylic acids is 2. The predicted octanol–water partition coefficient (Wildman–Crippen LogP) is 2.47. The molecule has 0 bridgehead atoms. The third kappa shape index (κ3) is 3.37. The van der Waals surface area contributed by atoms with Gasteiger partial charge in [0.25, 0.3) is 0 Å². The second kappa shape index (κ2) is 7.12. The number of rotatable bonds is 5. The molecule has 1 N–H and O–H groups in total. The zero-order chi connectivity index (χ0) is 16.9. The molecule has 0 saturated carbocycles. The van der Waals surface area contributed by atoms with Crippen molar-refractivity contribution in [2.45, 2.75) is 13.3 Å². The highest BCUT2D eigenvalue weighted by Crippen LogP contribution is 2.27. The third-order valence-electron chi connectivity index (χ3n) is 3.87. The number of hydrogen-bond donors (Lipinski definition) is 1. The number of carbonyl (C=O) groups is 2. The zero-order valence-electron chi connectivity index (χ0n) is 13.4. The molecule has 6 nitrogen and oxygen atoms in total. The van der Waals surface area contributed by atoms with E-state index in [9.17, 15) is 9.59 Å². The third-order valence-corrected chi connectivity index (χ3v) is 3.87. The van der Waals surface area contributed by atoms with E-state index >= 15 is 0 Å². The van der Waals surface area contributed by atoms with Crippen LogP contribution in [0.25, 0.3) is 0 Å². The van der Waals surface area contributed by atoms with Gasteiger partial charge in [-0.3, -0.25) is 9.59 Å². The van der Waals surface area contributed by atoms with Crippen LogP contribution in [0.4, 0.5) is 11.4 Å². The molecule has 1 aliphatic heterocycles. The van der Waals surface area contributed by atoms with Gasteiger partial charge in [0, 0.05) is 24.8 Å². The van der Waals surface area contributed by atoms with Gasteiger partial charge in [-0.25, -0.2) is 4.98 Å². The zero-order valence-corrected chi connectivity index (χ0v) is 13.4. The van der Waals surface area contributed by atoms with E-state index in [2.05, 4.69) is 10.3 Å². The molecular formula is C18H19N3O3. The van der Waals surface area contributed by atoms with Crippen LogP contribution in [0.3, 0.4) is 0 Å². The van der Waals surface area contributed by atoms with E-state index in [4.69, 9.17) is 4.74 Å². The molecule has 6 heteroatoms. The van der Waals surface area contributed by atoms with E-state index in [1.165, 1.54) is 0 Å². The van der Waals surface area contributed by atoms with Crippen LogP contribution in [0.15, 0.2) is 48.7 Å². The molecule has 0 aliphatic carbocycles. The average molecular weight is 325 g/mol. The molecule has 2 heterocycles. The highest BCUT2D eigenvalue weighted by Gasteiger charge is 2.35. The predicted molar refractivity (Wildman–Crippen MR) is 90.9 cm³/mol. The van der Waals surface area contributed by atoms with Crippen molar-refractivity contribution >= 4 is 23.2 Å². The fourth-order valence-electron chi connectivity index (χ4n) is 2.71. The highest BCUT2D eigenvalue weighted by atomic mass is 16.5. The van der Waals surface area contributed by atoms with Crippen LogP contribution in [0, 0.1) is 5.92 Å². The second-order valence-corrected chi connectivity index (χ2v) is 5.52. The van der Waals surface area contributed by atoms with Gasteiger partial charge in [0.2, 0.25) is 17.7 Å². The van der Waals surface area contributed by atoms with E-state index in [0.717, 1.165) is 5.69 Å². The summed E-state index contributed by atoms with van der Waals surface area (Å²) in [6.45, 7) is 2.69. The summed E-state index contributed by atoms with van der Waals surface area (Å²) in [6, 6.07) is 12.8. The monoisotopic (exact) mass is 325 g/mol. The molecule has 1 aromatic carbocycles. The van der Waals surface area contributed by atoms with Crippen molar-refractivity contribution in [1.82, 2.24) is 4.98 Å². The van der Waals surface area contributed by atoms with Crippen molar-refractivity contribution in [2.75, 3.05) is 23.4 Å². The van der Waals surface area contributed by atoms with Gasteiger partial charge in [0.05, 0.1) is 12.5 Å². The molecule has 0 spiro atoms. The molecule has 1 atom stereocenters. The molecule has 1 saturated heterocycles. The quantitative estimate of drug-likeness (QED) is 0.917. The Morgan fingerprint density at radius 2 is 2.08 bits per heavy atom. The van der Waals surface area contributed by atoms with Crippen molar-refractivity contribution in [3.63, 3.8) is 0 Å². The number of ether oxygens (including phenoxy) is 1. The average Bonchev–Trinajstić information content (AvgIpc) is 3.00. The largest absolute Gasteiger partial charge is 0.476 e. The number of para-hydroxylation sites is 1. The van der Waals surface area contributed by atoms with E-state index in [1.807, 2.05) is 37.3 Å². The molecular weight excluding hydrogens is 306 g/mol. The van der Waals surface area contributed by atoms with Crippen molar-refractivity contribution in [3.8, 4) is 5.88 Å². The molecule has 1 aromatic heterocycles.